The molecule has 1 amide bonds. The molecule has 0 saturated heterocycles. The molecular formula is C16H20F3N3O2. The van der Waals surface area contributed by atoms with Crippen molar-refractivity contribution in [1.82, 2.24) is 5.01 Å². The van der Waals surface area contributed by atoms with Gasteiger partial charge >= 0.3 is 6.18 Å². The molecule has 2 rings (SSSR count). The van der Waals surface area contributed by atoms with E-state index in [1.807, 2.05) is 0 Å². The topological polar surface area (TPSA) is 56.1 Å². The molecule has 0 radical (unpaired) electrons. The zero-order valence-electron chi connectivity index (χ0n) is 13.8. The highest BCUT2D eigenvalue weighted by Gasteiger charge is 2.63. The lowest BCUT2D eigenvalue weighted by Crippen LogP contribution is -2.56. The number of alkyl halides is 3. The largest absolute Gasteiger partial charge is 0.438 e. The Balaban J connectivity index is 2.36. The molecule has 1 aromatic carbocycles. The molecule has 1 aliphatic rings. The van der Waals surface area contributed by atoms with Gasteiger partial charge in [0, 0.05) is 37.5 Å². The van der Waals surface area contributed by atoms with Gasteiger partial charge in [-0.25, -0.2) is 0 Å². The van der Waals surface area contributed by atoms with E-state index in [-0.39, 0.29) is 16.3 Å². The minimum absolute atomic E-state index is 0.0322. The fourth-order valence-electron chi connectivity index (χ4n) is 2.50. The molecule has 0 bridgehead atoms. The molecule has 0 aromatic heterocycles. The third-order valence-corrected chi connectivity index (χ3v) is 3.86. The van der Waals surface area contributed by atoms with Gasteiger partial charge in [-0.15, -0.1) is 0 Å². The van der Waals surface area contributed by atoms with Crippen LogP contribution in [0.3, 0.4) is 0 Å². The van der Waals surface area contributed by atoms with Crippen molar-refractivity contribution in [2.75, 3.05) is 19.0 Å². The summed E-state index contributed by atoms with van der Waals surface area (Å²) in [5.41, 5.74) is -2.30. The Morgan fingerprint density at radius 2 is 1.92 bits per heavy atom. The number of halogens is 3. The molecule has 1 aromatic rings. The van der Waals surface area contributed by atoms with E-state index < -0.39 is 24.2 Å². The first kappa shape index (κ1) is 18.3. The Morgan fingerprint density at radius 3 is 2.38 bits per heavy atom. The van der Waals surface area contributed by atoms with E-state index in [2.05, 4.69) is 5.10 Å². The second-order valence-electron chi connectivity index (χ2n) is 5.97. The third-order valence-electron chi connectivity index (χ3n) is 3.86. The molecule has 0 aliphatic carbocycles. The standard InChI is InChI=1S/C16H20F3N3O2/c1-4-5-12-10-15(24,16(17,18)19)22(20-12)14(23)11-6-8-13(9-7-11)21(2)3/h6-9,24H,4-5,10H2,1-3H3. The van der Waals surface area contributed by atoms with E-state index in [1.165, 1.54) is 12.1 Å². The van der Waals surface area contributed by atoms with Gasteiger partial charge in [0.1, 0.15) is 0 Å². The van der Waals surface area contributed by atoms with Crippen LogP contribution in [0.1, 0.15) is 36.5 Å². The summed E-state index contributed by atoms with van der Waals surface area (Å²) in [6, 6.07) is 6.07. The molecule has 8 heteroatoms. The summed E-state index contributed by atoms with van der Waals surface area (Å²) >= 11 is 0. The Morgan fingerprint density at radius 1 is 1.33 bits per heavy atom. The van der Waals surface area contributed by atoms with Crippen LogP contribution in [-0.4, -0.2) is 47.7 Å². The average Bonchev–Trinajstić information content (AvgIpc) is 2.85. The van der Waals surface area contributed by atoms with Crippen LogP contribution in [0.4, 0.5) is 18.9 Å². The van der Waals surface area contributed by atoms with Crippen molar-refractivity contribution in [3.8, 4) is 0 Å². The Kier molecular flexibility index (Phi) is 4.89. The smallest absolute Gasteiger partial charge is 0.378 e. The maximum absolute atomic E-state index is 13.3. The van der Waals surface area contributed by atoms with Crippen LogP contribution in [-0.2, 0) is 0 Å². The van der Waals surface area contributed by atoms with Crippen LogP contribution >= 0.6 is 0 Å². The molecule has 1 unspecified atom stereocenters. The second-order valence-corrected chi connectivity index (χ2v) is 5.97. The van der Waals surface area contributed by atoms with Crippen LogP contribution in [0.2, 0.25) is 0 Å². The van der Waals surface area contributed by atoms with Gasteiger partial charge in [0.2, 0.25) is 0 Å². The highest BCUT2D eigenvalue weighted by atomic mass is 19.4. The molecule has 0 saturated carbocycles. The number of rotatable bonds is 4. The van der Waals surface area contributed by atoms with E-state index in [1.54, 1.807) is 38.1 Å². The van der Waals surface area contributed by atoms with Crippen LogP contribution in [0.15, 0.2) is 29.4 Å². The number of benzene rings is 1. The Hall–Kier alpha value is -2.09. The Labute approximate surface area is 138 Å². The van der Waals surface area contributed by atoms with Crippen LogP contribution in [0, 0.1) is 0 Å². The SMILES string of the molecule is CCCC1=NN(C(=O)c2ccc(N(C)C)cc2)C(O)(C(F)(F)F)C1. The molecule has 0 fully saturated rings. The summed E-state index contributed by atoms with van der Waals surface area (Å²) in [7, 11) is 3.61. The molecular weight excluding hydrogens is 323 g/mol. The van der Waals surface area contributed by atoms with Crippen LogP contribution in [0.25, 0.3) is 0 Å². The monoisotopic (exact) mass is 343 g/mol. The minimum Gasteiger partial charge on any atom is -0.378 e. The average molecular weight is 343 g/mol. The molecule has 24 heavy (non-hydrogen) atoms. The van der Waals surface area contributed by atoms with Crippen LogP contribution in [0.5, 0.6) is 0 Å². The van der Waals surface area contributed by atoms with E-state index in [0.717, 1.165) is 5.69 Å². The zero-order valence-corrected chi connectivity index (χ0v) is 13.8. The van der Waals surface area contributed by atoms with Gasteiger partial charge < -0.3 is 10.0 Å². The van der Waals surface area contributed by atoms with E-state index in [9.17, 15) is 23.1 Å². The number of hydrogen-bond donors (Lipinski definition) is 1. The first-order valence-corrected chi connectivity index (χ1v) is 7.57. The van der Waals surface area contributed by atoms with E-state index >= 15 is 0 Å². The van der Waals surface area contributed by atoms with Gasteiger partial charge in [0.15, 0.2) is 0 Å². The number of carbonyl (C=O) groups excluding carboxylic acids is 1. The number of amides is 1. The third kappa shape index (κ3) is 3.24. The van der Waals surface area contributed by atoms with Crippen molar-refractivity contribution in [3.63, 3.8) is 0 Å². The van der Waals surface area contributed by atoms with Gasteiger partial charge in [-0.1, -0.05) is 13.3 Å². The van der Waals surface area contributed by atoms with Crippen molar-refractivity contribution < 1.29 is 23.1 Å². The lowest BCUT2D eigenvalue weighted by molar-refractivity contribution is -0.297. The number of hydrazone groups is 1. The van der Waals surface area contributed by atoms with Crippen molar-refractivity contribution in [2.24, 2.45) is 5.10 Å². The fraction of sp³-hybridized carbons (Fsp3) is 0.500. The fourth-order valence-corrected chi connectivity index (χ4v) is 2.50. The molecule has 1 N–H and O–H groups in total. The first-order chi connectivity index (χ1) is 11.1. The number of nitrogens with zero attached hydrogens (tertiary/aromatic N) is 3. The normalized spacial score (nSPS) is 21.0. The highest BCUT2D eigenvalue weighted by Crippen LogP contribution is 2.41. The minimum atomic E-state index is -4.99. The van der Waals surface area contributed by atoms with E-state index in [0.29, 0.717) is 12.8 Å². The van der Waals surface area contributed by atoms with Gasteiger partial charge in [-0.2, -0.15) is 23.3 Å². The predicted octanol–water partition coefficient (Wildman–Crippen LogP) is 3.01. The summed E-state index contributed by atoms with van der Waals surface area (Å²) in [6.45, 7) is 1.79. The predicted molar refractivity (Wildman–Crippen MR) is 84.9 cm³/mol. The molecule has 132 valence electrons. The molecule has 1 aliphatic heterocycles. The van der Waals surface area contributed by atoms with Gasteiger partial charge in [-0.05, 0) is 30.7 Å². The maximum Gasteiger partial charge on any atom is 0.438 e. The summed E-state index contributed by atoms with van der Waals surface area (Å²) in [5.74, 6) is -0.980. The maximum atomic E-state index is 13.3. The summed E-state index contributed by atoms with van der Waals surface area (Å²) in [4.78, 5) is 14.3. The molecule has 1 heterocycles. The first-order valence-electron chi connectivity index (χ1n) is 7.57. The van der Waals surface area contributed by atoms with Crippen molar-refractivity contribution >= 4 is 17.3 Å². The molecule has 5 nitrogen and oxygen atoms in total. The molecule has 1 atom stereocenters. The summed E-state index contributed by atoms with van der Waals surface area (Å²) in [5, 5.41) is 14.0. The van der Waals surface area contributed by atoms with Crippen molar-refractivity contribution in [1.29, 1.82) is 0 Å². The zero-order chi connectivity index (χ0) is 18.1. The summed E-state index contributed by atoms with van der Waals surface area (Å²) in [6.07, 6.45) is -4.84. The number of hydrogen-bond acceptors (Lipinski definition) is 4. The van der Waals surface area contributed by atoms with Crippen molar-refractivity contribution in [2.45, 2.75) is 38.1 Å². The highest BCUT2D eigenvalue weighted by molar-refractivity contribution is 5.98. The number of aliphatic hydroxyl groups is 1. The molecule has 0 spiro atoms. The van der Waals surface area contributed by atoms with Gasteiger partial charge in [0.25, 0.3) is 11.6 Å². The van der Waals surface area contributed by atoms with Crippen molar-refractivity contribution in [3.05, 3.63) is 29.8 Å². The number of anilines is 1. The Bertz CT molecular complexity index is 641. The number of carbonyl (C=O) groups is 1. The van der Waals surface area contributed by atoms with E-state index in [4.69, 9.17) is 0 Å². The quantitative estimate of drug-likeness (QED) is 0.914. The lowest BCUT2D eigenvalue weighted by Gasteiger charge is -2.32. The second kappa shape index (κ2) is 6.43. The summed E-state index contributed by atoms with van der Waals surface area (Å²) < 4.78 is 40.0. The van der Waals surface area contributed by atoms with Crippen LogP contribution < -0.4 is 4.90 Å². The van der Waals surface area contributed by atoms with Gasteiger partial charge in [0.05, 0.1) is 0 Å². The lowest BCUT2D eigenvalue weighted by atomic mass is 10.0. The van der Waals surface area contributed by atoms with Gasteiger partial charge in [-0.3, -0.25) is 4.79 Å².